The van der Waals surface area contributed by atoms with Gasteiger partial charge in [-0.2, -0.15) is 0 Å². The summed E-state index contributed by atoms with van der Waals surface area (Å²) in [6, 6.07) is 32.1. The molecule has 3 rings (SSSR count). The van der Waals surface area contributed by atoms with Gasteiger partial charge in [0.25, 0.3) is 0 Å². The van der Waals surface area contributed by atoms with Crippen molar-refractivity contribution in [3.63, 3.8) is 0 Å². The van der Waals surface area contributed by atoms with Gasteiger partial charge in [-0.25, -0.2) is 0 Å². The Morgan fingerprint density at radius 1 is 0.528 bits per heavy atom. The van der Waals surface area contributed by atoms with E-state index in [9.17, 15) is 4.79 Å². The quantitative estimate of drug-likeness (QED) is 0.123. The third-order valence-corrected chi connectivity index (χ3v) is 7.09. The topological polar surface area (TPSA) is 54.0 Å². The Morgan fingerprint density at radius 3 is 1.28 bits per heavy atom. The molecular formula is C30H36O5S. The summed E-state index contributed by atoms with van der Waals surface area (Å²) in [5.74, 6) is 0.839. The van der Waals surface area contributed by atoms with Crippen LogP contribution < -0.4 is 0 Å². The second kappa shape index (κ2) is 17.1. The van der Waals surface area contributed by atoms with Gasteiger partial charge in [0.05, 0.1) is 57.6 Å². The van der Waals surface area contributed by atoms with Gasteiger partial charge in [-0.3, -0.25) is 0 Å². The van der Waals surface area contributed by atoms with Crippen molar-refractivity contribution in [1.82, 2.24) is 0 Å². The third-order valence-electron chi connectivity index (χ3n) is 5.58. The first-order valence-corrected chi connectivity index (χ1v) is 13.4. The van der Waals surface area contributed by atoms with Crippen LogP contribution in [0, 0.1) is 0 Å². The van der Waals surface area contributed by atoms with Gasteiger partial charge in [-0.05, 0) is 16.7 Å². The highest BCUT2D eigenvalue weighted by molar-refractivity contribution is 8.00. The molecule has 0 aliphatic carbocycles. The predicted octanol–water partition coefficient (Wildman–Crippen LogP) is 5.37. The van der Waals surface area contributed by atoms with Crippen molar-refractivity contribution < 1.29 is 23.7 Å². The van der Waals surface area contributed by atoms with Crippen LogP contribution in [0.15, 0.2) is 91.0 Å². The summed E-state index contributed by atoms with van der Waals surface area (Å²) in [6.45, 7) is 4.19. The number of carbonyl (C=O) groups is 1. The zero-order valence-electron chi connectivity index (χ0n) is 20.8. The lowest BCUT2D eigenvalue weighted by Crippen LogP contribution is -2.26. The van der Waals surface area contributed by atoms with E-state index in [-0.39, 0.29) is 4.75 Å². The Balaban J connectivity index is 1.45. The van der Waals surface area contributed by atoms with Crippen LogP contribution in [-0.2, 0) is 28.5 Å². The molecule has 0 heterocycles. The third kappa shape index (κ3) is 8.87. The molecular weight excluding hydrogens is 472 g/mol. The Hall–Kier alpha value is -2.48. The molecule has 36 heavy (non-hydrogen) atoms. The molecule has 0 radical (unpaired) electrons. The van der Waals surface area contributed by atoms with Gasteiger partial charge >= 0.3 is 0 Å². The molecule has 3 aromatic carbocycles. The van der Waals surface area contributed by atoms with E-state index in [0.29, 0.717) is 59.3 Å². The SMILES string of the molecule is O=CCCOCCOCCOCCOCCSC(c1ccccc1)(c1ccccc1)c1ccccc1. The van der Waals surface area contributed by atoms with Gasteiger partial charge < -0.3 is 23.7 Å². The Morgan fingerprint density at radius 2 is 0.889 bits per heavy atom. The minimum absolute atomic E-state index is 0.321. The fraction of sp³-hybridized carbons (Fsp3) is 0.367. The molecule has 0 aromatic heterocycles. The fourth-order valence-corrected chi connectivity index (χ4v) is 5.33. The normalized spacial score (nSPS) is 11.4. The van der Waals surface area contributed by atoms with E-state index in [0.717, 1.165) is 12.0 Å². The number of rotatable bonds is 19. The van der Waals surface area contributed by atoms with Crippen LogP contribution in [-0.4, -0.2) is 64.9 Å². The maximum atomic E-state index is 10.2. The molecule has 0 atom stereocenters. The molecule has 0 saturated carbocycles. The minimum atomic E-state index is -0.321. The van der Waals surface area contributed by atoms with Gasteiger partial charge in [-0.1, -0.05) is 91.0 Å². The molecule has 192 valence electrons. The van der Waals surface area contributed by atoms with Crippen LogP contribution in [0.1, 0.15) is 23.1 Å². The number of hydrogen-bond donors (Lipinski definition) is 0. The van der Waals surface area contributed by atoms with E-state index in [1.807, 2.05) is 11.8 Å². The van der Waals surface area contributed by atoms with Crippen molar-refractivity contribution in [2.45, 2.75) is 11.2 Å². The molecule has 0 fully saturated rings. The maximum Gasteiger partial charge on any atom is 0.122 e. The average Bonchev–Trinajstić information content (AvgIpc) is 2.94. The minimum Gasteiger partial charge on any atom is -0.379 e. The van der Waals surface area contributed by atoms with Crippen molar-refractivity contribution in [3.05, 3.63) is 108 Å². The van der Waals surface area contributed by atoms with Crippen LogP contribution in [0.4, 0.5) is 0 Å². The van der Waals surface area contributed by atoms with Crippen LogP contribution in [0.3, 0.4) is 0 Å². The largest absolute Gasteiger partial charge is 0.379 e. The van der Waals surface area contributed by atoms with E-state index in [1.165, 1.54) is 16.7 Å². The maximum absolute atomic E-state index is 10.2. The average molecular weight is 509 g/mol. The smallest absolute Gasteiger partial charge is 0.122 e. The number of benzene rings is 3. The summed E-state index contributed by atoms with van der Waals surface area (Å²) in [6.07, 6.45) is 1.27. The van der Waals surface area contributed by atoms with Crippen LogP contribution in [0.25, 0.3) is 0 Å². The van der Waals surface area contributed by atoms with Crippen molar-refractivity contribution in [1.29, 1.82) is 0 Å². The van der Waals surface area contributed by atoms with Gasteiger partial charge in [0.15, 0.2) is 0 Å². The lowest BCUT2D eigenvalue weighted by atomic mass is 9.84. The summed E-state index contributed by atoms with van der Waals surface area (Å²) in [7, 11) is 0. The zero-order chi connectivity index (χ0) is 25.2. The van der Waals surface area contributed by atoms with Gasteiger partial charge in [-0.15, -0.1) is 11.8 Å². The van der Waals surface area contributed by atoms with Crippen LogP contribution in [0.5, 0.6) is 0 Å². The zero-order valence-corrected chi connectivity index (χ0v) is 21.6. The van der Waals surface area contributed by atoms with E-state index in [2.05, 4.69) is 91.0 Å². The summed E-state index contributed by atoms with van der Waals surface area (Å²) in [4.78, 5) is 10.2. The standard InChI is InChI=1S/C30H36O5S/c31-17-10-18-32-19-20-33-21-22-34-23-24-35-25-26-36-30(27-11-4-1-5-12-27,28-13-6-2-7-14-28)29-15-8-3-9-16-29/h1-9,11-17H,10,18-26H2. The molecule has 3 aromatic rings. The monoisotopic (exact) mass is 508 g/mol. The van der Waals surface area contributed by atoms with Gasteiger partial charge in [0.2, 0.25) is 0 Å². The number of thioether (sulfide) groups is 1. The Kier molecular flexibility index (Phi) is 13.3. The van der Waals surface area contributed by atoms with E-state index in [1.54, 1.807) is 0 Å². The highest BCUT2D eigenvalue weighted by atomic mass is 32.2. The molecule has 0 amide bonds. The summed E-state index contributed by atoms with van der Waals surface area (Å²) in [5.41, 5.74) is 3.76. The molecule has 0 unspecified atom stereocenters. The van der Waals surface area contributed by atoms with E-state index >= 15 is 0 Å². The highest BCUT2D eigenvalue weighted by Gasteiger charge is 2.36. The lowest BCUT2D eigenvalue weighted by Gasteiger charge is -2.35. The second-order valence-corrected chi connectivity index (χ2v) is 9.34. The van der Waals surface area contributed by atoms with Crippen LogP contribution >= 0.6 is 11.8 Å². The van der Waals surface area contributed by atoms with Crippen molar-refractivity contribution in [3.8, 4) is 0 Å². The Bertz CT molecular complexity index is 856. The lowest BCUT2D eigenvalue weighted by molar-refractivity contribution is -0.108. The number of hydrogen-bond acceptors (Lipinski definition) is 6. The number of aldehydes is 1. The highest BCUT2D eigenvalue weighted by Crippen LogP contribution is 2.48. The van der Waals surface area contributed by atoms with Crippen molar-refractivity contribution in [2.24, 2.45) is 0 Å². The summed E-state index contributed by atoms with van der Waals surface area (Å²) in [5, 5.41) is 0. The molecule has 0 saturated heterocycles. The summed E-state index contributed by atoms with van der Waals surface area (Å²) >= 11 is 1.90. The predicted molar refractivity (Wildman–Crippen MR) is 146 cm³/mol. The Labute approximate surface area is 219 Å². The first-order valence-electron chi connectivity index (χ1n) is 12.4. The number of ether oxygens (including phenoxy) is 4. The van der Waals surface area contributed by atoms with Gasteiger partial charge in [0, 0.05) is 12.2 Å². The molecule has 0 aliphatic heterocycles. The fourth-order valence-electron chi connectivity index (χ4n) is 3.92. The molecule has 0 bridgehead atoms. The first kappa shape index (κ1) is 28.1. The van der Waals surface area contributed by atoms with E-state index < -0.39 is 0 Å². The van der Waals surface area contributed by atoms with E-state index in [4.69, 9.17) is 18.9 Å². The van der Waals surface area contributed by atoms with Crippen molar-refractivity contribution in [2.75, 3.05) is 58.6 Å². The molecule has 5 nitrogen and oxygen atoms in total. The molecule has 6 heteroatoms. The first-order chi connectivity index (χ1) is 17.9. The number of carbonyl (C=O) groups excluding carboxylic acids is 1. The van der Waals surface area contributed by atoms with Gasteiger partial charge in [0.1, 0.15) is 6.29 Å². The molecule has 0 N–H and O–H groups in total. The second-order valence-electron chi connectivity index (χ2n) is 8.03. The molecule has 0 spiro atoms. The molecule has 0 aliphatic rings. The summed E-state index contributed by atoms with van der Waals surface area (Å²) < 4.78 is 21.8. The van der Waals surface area contributed by atoms with Crippen molar-refractivity contribution >= 4 is 18.0 Å². The van der Waals surface area contributed by atoms with Crippen LogP contribution in [0.2, 0.25) is 0 Å².